The van der Waals surface area contributed by atoms with Crippen molar-refractivity contribution in [3.63, 3.8) is 0 Å². The summed E-state index contributed by atoms with van der Waals surface area (Å²) in [6.07, 6.45) is 2.52. The largest absolute Gasteiger partial charge is 0.548 e. The fourth-order valence-corrected chi connectivity index (χ4v) is 2.11. The Morgan fingerprint density at radius 1 is 1.44 bits per heavy atom. The van der Waals surface area contributed by atoms with Crippen LogP contribution < -0.4 is 5.11 Å². The summed E-state index contributed by atoms with van der Waals surface area (Å²) in [5.74, 6) is -2.39. The molecule has 0 aromatic heterocycles. The van der Waals surface area contributed by atoms with Gasteiger partial charge in [0.05, 0.1) is 12.0 Å². The molecule has 5 heteroatoms. The highest BCUT2D eigenvalue weighted by Crippen LogP contribution is 2.22. The number of ketones is 2. The lowest BCUT2D eigenvalue weighted by molar-refractivity contribution is -0.306. The summed E-state index contributed by atoms with van der Waals surface area (Å²) in [5, 5.41) is 10.7. The molecule has 0 unspecified atom stereocenters. The summed E-state index contributed by atoms with van der Waals surface area (Å²) in [7, 11) is 0. The van der Waals surface area contributed by atoms with Gasteiger partial charge in [-0.3, -0.25) is 14.6 Å². The van der Waals surface area contributed by atoms with E-state index in [1.165, 1.54) is 6.92 Å². The van der Waals surface area contributed by atoms with Gasteiger partial charge in [-0.1, -0.05) is 6.92 Å². The van der Waals surface area contributed by atoms with E-state index < -0.39 is 17.9 Å². The molecule has 0 aromatic rings. The number of rotatable bonds is 5. The highest BCUT2D eigenvalue weighted by molar-refractivity contribution is 6.22. The van der Waals surface area contributed by atoms with E-state index in [0.29, 0.717) is 37.8 Å². The van der Waals surface area contributed by atoms with E-state index in [4.69, 9.17) is 0 Å². The second-order valence-corrected chi connectivity index (χ2v) is 4.58. The zero-order valence-electron chi connectivity index (χ0n) is 10.8. The second-order valence-electron chi connectivity index (χ2n) is 4.58. The average Bonchev–Trinajstić information content (AvgIpc) is 2.29. The van der Waals surface area contributed by atoms with Crippen molar-refractivity contribution >= 4 is 23.2 Å². The first-order chi connectivity index (χ1) is 8.47. The van der Waals surface area contributed by atoms with Gasteiger partial charge in [-0.25, -0.2) is 0 Å². The Hall–Kier alpha value is -1.52. The molecule has 0 saturated heterocycles. The fraction of sp³-hybridized carbons (Fsp3) is 0.692. The third kappa shape index (κ3) is 3.48. The van der Waals surface area contributed by atoms with Crippen molar-refractivity contribution in [2.75, 3.05) is 0 Å². The summed E-state index contributed by atoms with van der Waals surface area (Å²) >= 11 is 0. The Kier molecular flexibility index (Phi) is 5.19. The second kappa shape index (κ2) is 6.42. The molecule has 0 aromatic carbocycles. The highest BCUT2D eigenvalue weighted by atomic mass is 16.4. The van der Waals surface area contributed by atoms with E-state index in [1.54, 1.807) is 0 Å². The van der Waals surface area contributed by atoms with Gasteiger partial charge in [-0.15, -0.1) is 0 Å². The van der Waals surface area contributed by atoms with Crippen LogP contribution in [0, 0.1) is 5.92 Å². The van der Waals surface area contributed by atoms with Gasteiger partial charge in [0.2, 0.25) is 0 Å². The average molecular weight is 252 g/mol. The number of Topliss-reactive ketones (excluding diaryl/α,β-unsaturated/α-hetero) is 2. The Morgan fingerprint density at radius 3 is 2.67 bits per heavy atom. The van der Waals surface area contributed by atoms with Crippen LogP contribution in [0.5, 0.6) is 0 Å². The SMILES string of the molecule is CCCC(=O)[C@@H]1C(=O)CCCC1=N[C@@H](C)C(=O)[O-]. The van der Waals surface area contributed by atoms with E-state index in [0.717, 1.165) is 0 Å². The maximum absolute atomic E-state index is 11.9. The van der Waals surface area contributed by atoms with Crippen LogP contribution in [-0.2, 0) is 14.4 Å². The quantitative estimate of drug-likeness (QED) is 0.659. The third-order valence-electron chi connectivity index (χ3n) is 3.03. The molecule has 0 heterocycles. The van der Waals surface area contributed by atoms with Crippen molar-refractivity contribution in [3.8, 4) is 0 Å². The first-order valence-corrected chi connectivity index (χ1v) is 6.30. The number of carbonyl (C=O) groups excluding carboxylic acids is 3. The van der Waals surface area contributed by atoms with E-state index in [1.807, 2.05) is 6.92 Å². The molecule has 0 N–H and O–H groups in total. The Morgan fingerprint density at radius 2 is 2.11 bits per heavy atom. The van der Waals surface area contributed by atoms with Crippen LogP contribution >= 0.6 is 0 Å². The van der Waals surface area contributed by atoms with Gasteiger partial charge < -0.3 is 9.90 Å². The number of hydrogen-bond acceptors (Lipinski definition) is 5. The lowest BCUT2D eigenvalue weighted by atomic mass is 9.81. The minimum Gasteiger partial charge on any atom is -0.548 e. The van der Waals surface area contributed by atoms with Crippen LogP contribution in [0.15, 0.2) is 4.99 Å². The van der Waals surface area contributed by atoms with Crippen molar-refractivity contribution in [2.24, 2.45) is 10.9 Å². The van der Waals surface area contributed by atoms with Gasteiger partial charge in [0, 0.05) is 18.6 Å². The molecular formula is C13H18NO4-. The van der Waals surface area contributed by atoms with Crippen molar-refractivity contribution in [3.05, 3.63) is 0 Å². The topological polar surface area (TPSA) is 86.6 Å². The number of carboxylic acids is 1. The van der Waals surface area contributed by atoms with Gasteiger partial charge >= 0.3 is 0 Å². The molecule has 1 aliphatic rings. The first-order valence-electron chi connectivity index (χ1n) is 6.30. The lowest BCUT2D eigenvalue weighted by Gasteiger charge is -2.23. The molecule has 2 atom stereocenters. The Labute approximate surface area is 106 Å². The van der Waals surface area contributed by atoms with Gasteiger partial charge in [-0.2, -0.15) is 0 Å². The number of aliphatic carboxylic acids is 1. The minimum atomic E-state index is -1.29. The zero-order chi connectivity index (χ0) is 13.7. The van der Waals surface area contributed by atoms with Crippen LogP contribution in [-0.4, -0.2) is 29.3 Å². The molecular weight excluding hydrogens is 234 g/mol. The molecule has 18 heavy (non-hydrogen) atoms. The highest BCUT2D eigenvalue weighted by Gasteiger charge is 2.33. The first kappa shape index (κ1) is 14.5. The van der Waals surface area contributed by atoms with Crippen molar-refractivity contribution < 1.29 is 19.5 Å². The van der Waals surface area contributed by atoms with Crippen LogP contribution in [0.4, 0.5) is 0 Å². The van der Waals surface area contributed by atoms with E-state index in [-0.39, 0.29) is 11.6 Å². The summed E-state index contributed by atoms with van der Waals surface area (Å²) in [6.45, 7) is 3.26. The maximum atomic E-state index is 11.9. The van der Waals surface area contributed by atoms with Gasteiger partial charge in [0.1, 0.15) is 17.5 Å². The molecule has 0 radical (unpaired) electrons. The molecule has 0 aliphatic heterocycles. The Bertz CT molecular complexity index is 386. The van der Waals surface area contributed by atoms with Crippen LogP contribution in [0.1, 0.15) is 46.0 Å². The third-order valence-corrected chi connectivity index (χ3v) is 3.03. The standard InChI is InChI=1S/C13H19NO4/c1-3-5-10(15)12-9(6-4-7-11(12)16)14-8(2)13(17)18/h8,12H,3-7H2,1-2H3,(H,17,18)/p-1/t8-,12+/m0/s1. The summed E-state index contributed by atoms with van der Waals surface area (Å²) in [6, 6.07) is -1.01. The number of nitrogens with zero attached hydrogens (tertiary/aromatic N) is 1. The number of carbonyl (C=O) groups is 3. The normalized spacial score (nSPS) is 24.0. The lowest BCUT2D eigenvalue weighted by Crippen LogP contribution is -2.38. The molecule has 5 nitrogen and oxygen atoms in total. The molecule has 1 rings (SSSR count). The van der Waals surface area contributed by atoms with E-state index in [2.05, 4.69) is 4.99 Å². The van der Waals surface area contributed by atoms with Crippen LogP contribution in [0.2, 0.25) is 0 Å². The number of carboxylic acid groups (broad SMARTS) is 1. The minimum absolute atomic E-state index is 0.135. The van der Waals surface area contributed by atoms with E-state index >= 15 is 0 Å². The molecule has 0 bridgehead atoms. The van der Waals surface area contributed by atoms with Gasteiger partial charge in [-0.05, 0) is 26.2 Å². The van der Waals surface area contributed by atoms with E-state index in [9.17, 15) is 19.5 Å². The molecule has 1 aliphatic carbocycles. The molecule has 0 spiro atoms. The molecule has 100 valence electrons. The molecule has 0 amide bonds. The predicted octanol–water partition coefficient (Wildman–Crippen LogP) is 0.304. The summed E-state index contributed by atoms with van der Waals surface area (Å²) in [5.41, 5.74) is 0.418. The maximum Gasteiger partial charge on any atom is 0.149 e. The van der Waals surface area contributed by atoms with Gasteiger partial charge in [0.15, 0.2) is 0 Å². The summed E-state index contributed by atoms with van der Waals surface area (Å²) < 4.78 is 0. The smallest absolute Gasteiger partial charge is 0.149 e. The predicted molar refractivity (Wildman–Crippen MR) is 64.2 cm³/mol. The van der Waals surface area contributed by atoms with Crippen LogP contribution in [0.3, 0.4) is 0 Å². The van der Waals surface area contributed by atoms with Crippen LogP contribution in [0.25, 0.3) is 0 Å². The molecule has 1 saturated carbocycles. The summed E-state index contributed by atoms with van der Waals surface area (Å²) in [4.78, 5) is 38.4. The number of hydrogen-bond donors (Lipinski definition) is 0. The monoisotopic (exact) mass is 252 g/mol. The van der Waals surface area contributed by atoms with Crippen molar-refractivity contribution in [1.82, 2.24) is 0 Å². The van der Waals surface area contributed by atoms with Gasteiger partial charge in [0.25, 0.3) is 0 Å². The fourth-order valence-electron chi connectivity index (χ4n) is 2.11. The Balaban J connectivity index is 2.95. The van der Waals surface area contributed by atoms with Crippen molar-refractivity contribution in [2.45, 2.75) is 52.0 Å². The zero-order valence-corrected chi connectivity index (χ0v) is 10.8. The molecule has 1 fully saturated rings. The van der Waals surface area contributed by atoms with Crippen molar-refractivity contribution in [1.29, 1.82) is 0 Å². The number of aliphatic imine (C=N–C) groups is 1.